The Morgan fingerprint density at radius 2 is 1.79 bits per heavy atom. The van der Waals surface area contributed by atoms with E-state index in [1.54, 1.807) is 30.6 Å². The number of alkyl carbamates (subject to hydrolysis) is 1. The highest BCUT2D eigenvalue weighted by molar-refractivity contribution is 5.98. The van der Waals surface area contributed by atoms with Crippen LogP contribution in [-0.4, -0.2) is 48.2 Å². The molecule has 1 heterocycles. The molecular formula is C28H36N4O6. The van der Waals surface area contributed by atoms with Crippen LogP contribution in [0.4, 0.5) is 4.79 Å². The largest absolute Gasteiger partial charge is 0.469 e. The highest BCUT2D eigenvalue weighted by atomic mass is 16.5. The summed E-state index contributed by atoms with van der Waals surface area (Å²) < 4.78 is 9.96. The molecule has 3 N–H and O–H groups in total. The second-order valence-electron chi connectivity index (χ2n) is 8.59. The van der Waals surface area contributed by atoms with E-state index >= 15 is 0 Å². The monoisotopic (exact) mass is 524 g/mol. The summed E-state index contributed by atoms with van der Waals surface area (Å²) in [6, 6.07) is 12.6. The summed E-state index contributed by atoms with van der Waals surface area (Å²) in [5.74, 6) is -1.41. The number of amides is 3. The molecule has 1 atom stereocenters. The maximum absolute atomic E-state index is 13.4. The van der Waals surface area contributed by atoms with Crippen LogP contribution in [0.2, 0.25) is 0 Å². The Kier molecular flexibility index (Phi) is 13.0. The van der Waals surface area contributed by atoms with E-state index in [4.69, 9.17) is 4.74 Å². The van der Waals surface area contributed by atoms with Crippen molar-refractivity contribution in [2.45, 2.75) is 57.7 Å². The zero-order valence-corrected chi connectivity index (χ0v) is 21.9. The van der Waals surface area contributed by atoms with E-state index in [0.717, 1.165) is 5.56 Å². The standard InChI is InChI=1S/C28H36N4O6/c1-3-17-28(26(35)30-19-9-5-8-14-25(34)37-2,31-24(33)16-15-22-13-10-18-29-20-22)32-27(36)38-21-23-11-6-4-7-12-23/h4,6-7,10-13,15-16,18,20H,3,5,8-9,14,17,19,21H2,1-2H3,(H,30,35)(H,31,33)(H,32,36)/t28-/m0/s1. The first kappa shape index (κ1) is 30.0. The highest BCUT2D eigenvalue weighted by Crippen LogP contribution is 2.13. The highest BCUT2D eigenvalue weighted by Gasteiger charge is 2.40. The molecule has 0 aliphatic heterocycles. The van der Waals surface area contributed by atoms with Crippen molar-refractivity contribution in [3.63, 3.8) is 0 Å². The van der Waals surface area contributed by atoms with Gasteiger partial charge in [-0.1, -0.05) is 56.2 Å². The smallest absolute Gasteiger partial charge is 0.409 e. The summed E-state index contributed by atoms with van der Waals surface area (Å²) in [5.41, 5.74) is -0.246. The fourth-order valence-electron chi connectivity index (χ4n) is 3.62. The van der Waals surface area contributed by atoms with Gasteiger partial charge in [-0.05, 0) is 42.5 Å². The van der Waals surface area contributed by atoms with E-state index in [0.29, 0.717) is 44.2 Å². The van der Waals surface area contributed by atoms with Gasteiger partial charge in [0.15, 0.2) is 5.66 Å². The number of benzene rings is 1. The fourth-order valence-corrected chi connectivity index (χ4v) is 3.62. The van der Waals surface area contributed by atoms with Crippen LogP contribution in [0.3, 0.4) is 0 Å². The maximum atomic E-state index is 13.4. The average molecular weight is 525 g/mol. The molecule has 0 saturated carbocycles. The van der Waals surface area contributed by atoms with E-state index in [1.165, 1.54) is 13.2 Å². The second kappa shape index (κ2) is 16.5. The minimum absolute atomic E-state index is 0.00550. The lowest BCUT2D eigenvalue weighted by Gasteiger charge is -2.33. The van der Waals surface area contributed by atoms with Crippen LogP contribution >= 0.6 is 0 Å². The van der Waals surface area contributed by atoms with Gasteiger partial charge in [0.2, 0.25) is 5.91 Å². The van der Waals surface area contributed by atoms with Gasteiger partial charge in [-0.15, -0.1) is 0 Å². The summed E-state index contributed by atoms with van der Waals surface area (Å²) in [7, 11) is 1.34. The summed E-state index contributed by atoms with van der Waals surface area (Å²) in [6.07, 6.45) is 8.06. The number of methoxy groups -OCH3 is 1. The second-order valence-corrected chi connectivity index (χ2v) is 8.59. The third-order valence-corrected chi connectivity index (χ3v) is 5.56. The summed E-state index contributed by atoms with van der Waals surface area (Å²) in [5, 5.41) is 8.06. The van der Waals surface area contributed by atoms with Crippen molar-refractivity contribution in [1.82, 2.24) is 20.9 Å². The molecule has 10 nitrogen and oxygen atoms in total. The van der Waals surface area contributed by atoms with Crippen molar-refractivity contribution in [2.75, 3.05) is 13.7 Å². The lowest BCUT2D eigenvalue weighted by atomic mass is 10.0. The van der Waals surface area contributed by atoms with Gasteiger partial charge in [0.25, 0.3) is 5.91 Å². The Balaban J connectivity index is 2.09. The first-order valence-corrected chi connectivity index (χ1v) is 12.6. The molecule has 0 aliphatic carbocycles. The average Bonchev–Trinajstić information content (AvgIpc) is 2.93. The van der Waals surface area contributed by atoms with Crippen molar-refractivity contribution in [3.8, 4) is 0 Å². The van der Waals surface area contributed by atoms with Crippen LogP contribution < -0.4 is 16.0 Å². The van der Waals surface area contributed by atoms with Gasteiger partial charge in [0.05, 0.1) is 7.11 Å². The number of carbonyl (C=O) groups is 4. The van der Waals surface area contributed by atoms with E-state index in [-0.39, 0.29) is 19.0 Å². The van der Waals surface area contributed by atoms with E-state index in [2.05, 4.69) is 25.7 Å². The Hall–Kier alpha value is -4.21. The van der Waals surface area contributed by atoms with Crippen LogP contribution in [0.15, 0.2) is 60.9 Å². The lowest BCUT2D eigenvalue weighted by molar-refractivity contribution is -0.140. The van der Waals surface area contributed by atoms with Crippen LogP contribution in [0, 0.1) is 0 Å². The normalized spacial score (nSPS) is 12.3. The number of pyridine rings is 1. The van der Waals surface area contributed by atoms with Gasteiger partial charge < -0.3 is 20.1 Å². The number of rotatable bonds is 15. The molecule has 0 spiro atoms. The third-order valence-electron chi connectivity index (χ3n) is 5.56. The molecule has 0 unspecified atom stereocenters. The van der Waals surface area contributed by atoms with Gasteiger partial charge in [-0.25, -0.2) is 4.79 Å². The van der Waals surface area contributed by atoms with Crippen LogP contribution in [0.25, 0.3) is 6.08 Å². The summed E-state index contributed by atoms with van der Waals surface area (Å²) in [6.45, 7) is 2.14. The Morgan fingerprint density at radius 1 is 1.00 bits per heavy atom. The van der Waals surface area contributed by atoms with Crippen molar-refractivity contribution < 1.29 is 28.7 Å². The van der Waals surface area contributed by atoms with E-state index < -0.39 is 23.6 Å². The van der Waals surface area contributed by atoms with Crippen molar-refractivity contribution >= 4 is 30.0 Å². The zero-order chi connectivity index (χ0) is 27.6. The molecule has 204 valence electrons. The van der Waals surface area contributed by atoms with Crippen LogP contribution in [0.1, 0.15) is 56.6 Å². The van der Waals surface area contributed by atoms with Gasteiger partial charge in [0, 0.05) is 31.4 Å². The van der Waals surface area contributed by atoms with Crippen LogP contribution in [-0.2, 0) is 30.5 Å². The topological polar surface area (TPSA) is 136 Å². The predicted molar refractivity (Wildman–Crippen MR) is 142 cm³/mol. The molecule has 3 amide bonds. The van der Waals surface area contributed by atoms with Gasteiger partial charge in [0.1, 0.15) is 6.61 Å². The molecule has 0 aliphatic rings. The SMILES string of the molecule is CCC[C@](NC(=O)C=Cc1cccnc1)(NC(=O)OCc1ccccc1)C(=O)NCCCCCC(=O)OC. The molecule has 38 heavy (non-hydrogen) atoms. The number of nitrogens with zero attached hydrogens (tertiary/aromatic N) is 1. The first-order valence-electron chi connectivity index (χ1n) is 12.6. The lowest BCUT2D eigenvalue weighted by Crippen LogP contribution is -2.68. The van der Waals surface area contributed by atoms with E-state index in [9.17, 15) is 19.2 Å². The van der Waals surface area contributed by atoms with Crippen LogP contribution in [0.5, 0.6) is 0 Å². The third kappa shape index (κ3) is 10.8. The Labute approximate surface area is 223 Å². The molecule has 0 bridgehead atoms. The number of carbonyl (C=O) groups excluding carboxylic acids is 4. The summed E-state index contributed by atoms with van der Waals surface area (Å²) in [4.78, 5) is 54.2. The van der Waals surface area contributed by atoms with Gasteiger partial charge in [-0.2, -0.15) is 0 Å². The first-order chi connectivity index (χ1) is 18.4. The van der Waals surface area contributed by atoms with E-state index in [1.807, 2.05) is 37.3 Å². The Bertz CT molecular complexity index is 1060. The number of unbranched alkanes of at least 4 members (excludes halogenated alkanes) is 2. The minimum Gasteiger partial charge on any atom is -0.469 e. The van der Waals surface area contributed by atoms with Gasteiger partial charge >= 0.3 is 12.1 Å². The molecule has 0 saturated heterocycles. The minimum atomic E-state index is -1.73. The Morgan fingerprint density at radius 3 is 2.47 bits per heavy atom. The quantitative estimate of drug-likeness (QED) is 0.140. The number of hydrogen-bond donors (Lipinski definition) is 3. The number of aromatic nitrogens is 1. The number of ether oxygens (including phenoxy) is 2. The summed E-state index contributed by atoms with van der Waals surface area (Å²) >= 11 is 0. The molecule has 2 aromatic rings. The molecule has 0 fully saturated rings. The molecule has 0 radical (unpaired) electrons. The van der Waals surface area contributed by atoms with Gasteiger partial charge in [-0.3, -0.25) is 24.7 Å². The molecule has 1 aromatic carbocycles. The zero-order valence-electron chi connectivity index (χ0n) is 21.9. The molecular weight excluding hydrogens is 488 g/mol. The number of nitrogens with one attached hydrogen (secondary N) is 3. The molecule has 10 heteroatoms. The maximum Gasteiger partial charge on any atom is 0.409 e. The van der Waals surface area contributed by atoms with Crippen molar-refractivity contribution in [2.24, 2.45) is 0 Å². The molecule has 2 rings (SSSR count). The molecule has 1 aromatic heterocycles. The fraction of sp³-hybridized carbons (Fsp3) is 0.393. The van der Waals surface area contributed by atoms with Crippen molar-refractivity contribution in [3.05, 3.63) is 72.1 Å². The van der Waals surface area contributed by atoms with Crippen molar-refractivity contribution in [1.29, 1.82) is 0 Å². The number of esters is 1. The predicted octanol–water partition coefficient (Wildman–Crippen LogP) is 3.48. The number of hydrogen-bond acceptors (Lipinski definition) is 7.